The van der Waals surface area contributed by atoms with Crippen LogP contribution in [0.1, 0.15) is 31.9 Å². The Labute approximate surface area is 116 Å². The summed E-state index contributed by atoms with van der Waals surface area (Å²) in [5.41, 5.74) is 1.38. The van der Waals surface area contributed by atoms with Crippen LogP contribution in [0.15, 0.2) is 29.2 Å². The van der Waals surface area contributed by atoms with E-state index in [-0.39, 0.29) is 0 Å². The molecule has 1 atom stereocenters. The smallest absolute Gasteiger partial charge is 0.0292 e. The zero-order valence-electron chi connectivity index (χ0n) is 12.1. The predicted octanol–water partition coefficient (Wildman–Crippen LogP) is 3.40. The minimum atomic E-state index is 0.442. The van der Waals surface area contributed by atoms with Crippen molar-refractivity contribution in [3.05, 3.63) is 29.8 Å². The number of hydrogen-bond donors (Lipinski definition) is 1. The largest absolute Gasteiger partial charge is 0.310 e. The molecule has 0 spiro atoms. The second-order valence-corrected chi connectivity index (χ2v) is 6.03. The fourth-order valence-electron chi connectivity index (χ4n) is 1.87. The molecular formula is C15H26N2S. The van der Waals surface area contributed by atoms with Gasteiger partial charge in [0.15, 0.2) is 0 Å². The normalized spacial score (nSPS) is 12.9. The lowest BCUT2D eigenvalue weighted by atomic mass is 10.1. The van der Waals surface area contributed by atoms with E-state index >= 15 is 0 Å². The van der Waals surface area contributed by atoms with E-state index in [4.69, 9.17) is 0 Å². The zero-order chi connectivity index (χ0) is 13.4. The first-order chi connectivity index (χ1) is 8.63. The van der Waals surface area contributed by atoms with Gasteiger partial charge >= 0.3 is 0 Å². The molecule has 0 fully saturated rings. The summed E-state index contributed by atoms with van der Waals surface area (Å²) in [6, 6.07) is 9.34. The fraction of sp³-hybridized carbons (Fsp3) is 0.600. The summed E-state index contributed by atoms with van der Waals surface area (Å²) in [4.78, 5) is 3.63. The van der Waals surface area contributed by atoms with Crippen LogP contribution in [0.2, 0.25) is 0 Å². The first-order valence-corrected chi connectivity index (χ1v) is 7.73. The highest BCUT2D eigenvalue weighted by atomic mass is 32.2. The topological polar surface area (TPSA) is 15.3 Å². The molecule has 3 heteroatoms. The maximum atomic E-state index is 3.46. The molecular weight excluding hydrogens is 240 g/mol. The Bertz CT molecular complexity index is 339. The number of nitrogens with zero attached hydrogens (tertiary/aromatic N) is 1. The van der Waals surface area contributed by atoms with Crippen LogP contribution in [0.4, 0.5) is 0 Å². The molecule has 18 heavy (non-hydrogen) atoms. The van der Waals surface area contributed by atoms with Crippen LogP contribution in [0.5, 0.6) is 0 Å². The lowest BCUT2D eigenvalue weighted by Crippen LogP contribution is -2.17. The Kier molecular flexibility index (Phi) is 7.40. The van der Waals surface area contributed by atoms with Crippen molar-refractivity contribution in [2.75, 3.05) is 32.9 Å². The molecule has 2 nitrogen and oxygen atoms in total. The molecule has 0 saturated carbocycles. The van der Waals surface area contributed by atoms with E-state index in [0.717, 1.165) is 6.54 Å². The minimum Gasteiger partial charge on any atom is -0.310 e. The van der Waals surface area contributed by atoms with Crippen molar-refractivity contribution in [3.63, 3.8) is 0 Å². The second kappa shape index (κ2) is 8.57. The van der Waals surface area contributed by atoms with Crippen molar-refractivity contribution < 1.29 is 0 Å². The Morgan fingerprint density at radius 3 is 2.78 bits per heavy atom. The molecule has 0 radical (unpaired) electrons. The third kappa shape index (κ3) is 5.89. The average Bonchev–Trinajstić information content (AvgIpc) is 2.35. The summed E-state index contributed by atoms with van der Waals surface area (Å²) in [7, 11) is 4.26. The van der Waals surface area contributed by atoms with Gasteiger partial charge in [-0.25, -0.2) is 0 Å². The molecule has 0 aliphatic heterocycles. The Balaban J connectivity index is 2.44. The summed E-state index contributed by atoms with van der Waals surface area (Å²) in [6.07, 6.45) is 1.24. The van der Waals surface area contributed by atoms with E-state index in [2.05, 4.69) is 62.4 Å². The van der Waals surface area contributed by atoms with Gasteiger partial charge in [0.25, 0.3) is 0 Å². The van der Waals surface area contributed by atoms with Crippen LogP contribution in [-0.2, 0) is 0 Å². The van der Waals surface area contributed by atoms with Gasteiger partial charge in [0.05, 0.1) is 0 Å². The molecule has 0 aliphatic rings. The minimum absolute atomic E-state index is 0.442. The molecule has 1 aromatic rings. The van der Waals surface area contributed by atoms with Crippen molar-refractivity contribution in [1.82, 2.24) is 10.2 Å². The third-order valence-electron chi connectivity index (χ3n) is 2.89. The van der Waals surface area contributed by atoms with Crippen LogP contribution in [0.25, 0.3) is 0 Å². The highest BCUT2D eigenvalue weighted by Gasteiger charge is 2.04. The van der Waals surface area contributed by atoms with E-state index in [0.29, 0.717) is 6.04 Å². The standard InChI is InChI=1S/C15H26N2S/c1-5-16-13(2)14-8-6-9-15(12-14)18-11-7-10-17(3)4/h6,8-9,12-13,16H,5,7,10-11H2,1-4H3. The Morgan fingerprint density at radius 2 is 2.11 bits per heavy atom. The summed E-state index contributed by atoms with van der Waals surface area (Å²) in [5.74, 6) is 1.19. The molecule has 0 bridgehead atoms. The molecule has 1 rings (SSSR count). The zero-order valence-corrected chi connectivity index (χ0v) is 12.9. The summed E-state index contributed by atoms with van der Waals surface area (Å²) >= 11 is 1.96. The molecule has 1 aromatic carbocycles. The summed E-state index contributed by atoms with van der Waals surface area (Å²) < 4.78 is 0. The third-order valence-corrected chi connectivity index (χ3v) is 3.97. The molecule has 0 aliphatic carbocycles. The Hall–Kier alpha value is -0.510. The molecule has 0 amide bonds. The van der Waals surface area contributed by atoms with E-state index in [9.17, 15) is 0 Å². The van der Waals surface area contributed by atoms with Gasteiger partial charge in [-0.3, -0.25) is 0 Å². The highest BCUT2D eigenvalue weighted by molar-refractivity contribution is 7.99. The van der Waals surface area contributed by atoms with Gasteiger partial charge in [-0.1, -0.05) is 19.1 Å². The van der Waals surface area contributed by atoms with Crippen molar-refractivity contribution in [2.24, 2.45) is 0 Å². The van der Waals surface area contributed by atoms with Gasteiger partial charge in [-0.2, -0.15) is 0 Å². The quantitative estimate of drug-likeness (QED) is 0.573. The van der Waals surface area contributed by atoms with Gasteiger partial charge < -0.3 is 10.2 Å². The van der Waals surface area contributed by atoms with E-state index in [1.807, 2.05) is 11.8 Å². The monoisotopic (exact) mass is 266 g/mol. The van der Waals surface area contributed by atoms with Crippen molar-refractivity contribution >= 4 is 11.8 Å². The van der Waals surface area contributed by atoms with Crippen LogP contribution < -0.4 is 5.32 Å². The first-order valence-electron chi connectivity index (χ1n) is 6.74. The molecule has 1 unspecified atom stereocenters. The summed E-state index contributed by atoms with van der Waals surface area (Å²) in [6.45, 7) is 6.55. The Morgan fingerprint density at radius 1 is 1.33 bits per heavy atom. The number of thioether (sulfide) groups is 1. The van der Waals surface area contributed by atoms with Gasteiger partial charge in [0, 0.05) is 10.9 Å². The first kappa shape index (κ1) is 15.5. The van der Waals surface area contributed by atoms with Crippen molar-refractivity contribution in [3.8, 4) is 0 Å². The fourth-order valence-corrected chi connectivity index (χ4v) is 2.77. The molecule has 0 saturated heterocycles. The molecule has 0 heterocycles. The lowest BCUT2D eigenvalue weighted by molar-refractivity contribution is 0.410. The summed E-state index contributed by atoms with van der Waals surface area (Å²) in [5, 5.41) is 3.46. The van der Waals surface area contributed by atoms with E-state index in [1.54, 1.807) is 0 Å². The van der Waals surface area contributed by atoms with E-state index < -0.39 is 0 Å². The SMILES string of the molecule is CCNC(C)c1cccc(SCCCN(C)C)c1. The van der Waals surface area contributed by atoms with Gasteiger partial charge in [0.1, 0.15) is 0 Å². The highest BCUT2D eigenvalue weighted by Crippen LogP contribution is 2.22. The van der Waals surface area contributed by atoms with Crippen LogP contribution in [0.3, 0.4) is 0 Å². The second-order valence-electron chi connectivity index (χ2n) is 4.86. The number of rotatable bonds is 8. The van der Waals surface area contributed by atoms with Crippen molar-refractivity contribution in [2.45, 2.75) is 31.2 Å². The van der Waals surface area contributed by atoms with Crippen LogP contribution in [0, 0.1) is 0 Å². The van der Waals surface area contributed by atoms with Gasteiger partial charge in [0.2, 0.25) is 0 Å². The maximum Gasteiger partial charge on any atom is 0.0292 e. The number of hydrogen-bond acceptors (Lipinski definition) is 3. The predicted molar refractivity (Wildman–Crippen MR) is 82.4 cm³/mol. The van der Waals surface area contributed by atoms with Crippen LogP contribution in [-0.4, -0.2) is 37.8 Å². The molecule has 0 aromatic heterocycles. The van der Waals surface area contributed by atoms with Crippen LogP contribution >= 0.6 is 11.8 Å². The van der Waals surface area contributed by atoms with Gasteiger partial charge in [-0.15, -0.1) is 11.8 Å². The molecule has 1 N–H and O–H groups in total. The van der Waals surface area contributed by atoms with Crippen molar-refractivity contribution in [1.29, 1.82) is 0 Å². The number of benzene rings is 1. The maximum absolute atomic E-state index is 3.46. The van der Waals surface area contributed by atoms with E-state index in [1.165, 1.54) is 29.2 Å². The number of nitrogens with one attached hydrogen (secondary N) is 1. The average molecular weight is 266 g/mol. The lowest BCUT2D eigenvalue weighted by Gasteiger charge is -2.14. The molecule has 102 valence electrons. The van der Waals surface area contributed by atoms with Gasteiger partial charge in [-0.05, 0) is 64.0 Å².